The molecule has 0 radical (unpaired) electrons. The van der Waals surface area contributed by atoms with Crippen LogP contribution in [0.15, 0.2) is 24.3 Å². The minimum atomic E-state index is -0.339. The number of urea groups is 1. The van der Waals surface area contributed by atoms with Crippen molar-refractivity contribution in [2.24, 2.45) is 0 Å². The fourth-order valence-corrected chi connectivity index (χ4v) is 1.02. The number of anilines is 1. The van der Waals surface area contributed by atoms with Gasteiger partial charge in [-0.3, -0.25) is 0 Å². The van der Waals surface area contributed by atoms with E-state index in [1.165, 1.54) is 0 Å². The van der Waals surface area contributed by atoms with Crippen molar-refractivity contribution in [2.75, 3.05) is 25.6 Å². The summed E-state index contributed by atoms with van der Waals surface area (Å²) in [6, 6.07) is 6.63. The third-order valence-corrected chi connectivity index (χ3v) is 1.75. The van der Waals surface area contributed by atoms with Crippen molar-refractivity contribution in [3.05, 3.63) is 24.3 Å². The lowest BCUT2D eigenvalue weighted by molar-refractivity contribution is 0.245. The van der Waals surface area contributed by atoms with Crippen molar-refractivity contribution >= 4 is 11.7 Å². The van der Waals surface area contributed by atoms with Gasteiger partial charge >= 0.3 is 6.03 Å². The van der Waals surface area contributed by atoms with Gasteiger partial charge in [0.2, 0.25) is 0 Å². The monoisotopic (exact) mass is 210 g/mol. The maximum Gasteiger partial charge on any atom is 0.319 e. The number of aliphatic hydroxyl groups excluding tert-OH is 1. The van der Waals surface area contributed by atoms with Gasteiger partial charge in [0.05, 0.1) is 13.7 Å². The van der Waals surface area contributed by atoms with E-state index in [1.54, 1.807) is 31.4 Å². The average molecular weight is 210 g/mol. The molecule has 5 heteroatoms. The highest BCUT2D eigenvalue weighted by molar-refractivity contribution is 5.89. The van der Waals surface area contributed by atoms with Gasteiger partial charge in [-0.05, 0) is 24.3 Å². The second kappa shape index (κ2) is 5.87. The van der Waals surface area contributed by atoms with Crippen LogP contribution in [0.3, 0.4) is 0 Å². The number of ether oxygens (including phenoxy) is 1. The molecule has 15 heavy (non-hydrogen) atoms. The van der Waals surface area contributed by atoms with Crippen molar-refractivity contribution in [3.8, 4) is 5.75 Å². The fourth-order valence-electron chi connectivity index (χ4n) is 1.02. The number of benzene rings is 1. The number of hydrogen-bond acceptors (Lipinski definition) is 3. The molecule has 2 amide bonds. The summed E-state index contributed by atoms with van der Waals surface area (Å²) in [5.41, 5.74) is 0.672. The molecule has 0 fully saturated rings. The van der Waals surface area contributed by atoms with E-state index in [-0.39, 0.29) is 19.2 Å². The number of nitrogens with one attached hydrogen (secondary N) is 2. The maximum absolute atomic E-state index is 11.2. The first-order valence-corrected chi connectivity index (χ1v) is 4.56. The first kappa shape index (κ1) is 11.3. The second-order valence-electron chi connectivity index (χ2n) is 2.83. The molecule has 0 aliphatic heterocycles. The number of amides is 2. The molecule has 1 rings (SSSR count). The van der Waals surface area contributed by atoms with Gasteiger partial charge in [0, 0.05) is 12.2 Å². The minimum absolute atomic E-state index is 0.0734. The molecule has 0 atom stereocenters. The van der Waals surface area contributed by atoms with Crippen LogP contribution in [0, 0.1) is 0 Å². The Morgan fingerprint density at radius 2 is 2.07 bits per heavy atom. The van der Waals surface area contributed by atoms with E-state index < -0.39 is 0 Å². The van der Waals surface area contributed by atoms with E-state index in [9.17, 15) is 4.79 Å². The zero-order valence-electron chi connectivity index (χ0n) is 8.49. The van der Waals surface area contributed by atoms with Crippen LogP contribution >= 0.6 is 0 Å². The minimum Gasteiger partial charge on any atom is -0.497 e. The molecule has 0 aliphatic rings. The van der Waals surface area contributed by atoms with Gasteiger partial charge in [0.1, 0.15) is 5.75 Å². The van der Waals surface area contributed by atoms with Gasteiger partial charge in [-0.15, -0.1) is 0 Å². The summed E-state index contributed by atoms with van der Waals surface area (Å²) in [7, 11) is 1.58. The topological polar surface area (TPSA) is 70.6 Å². The molecule has 0 aromatic heterocycles. The van der Waals surface area contributed by atoms with E-state index in [4.69, 9.17) is 9.84 Å². The van der Waals surface area contributed by atoms with Crippen LogP contribution in [-0.2, 0) is 0 Å². The molecule has 0 saturated carbocycles. The standard InChI is InChI=1S/C10H14N2O3/c1-15-9-4-2-8(3-5-9)12-10(14)11-6-7-13/h2-5,13H,6-7H2,1H3,(H2,11,12,14). The van der Waals surface area contributed by atoms with Crippen molar-refractivity contribution in [2.45, 2.75) is 0 Å². The van der Waals surface area contributed by atoms with Crippen LogP contribution in [0.5, 0.6) is 5.75 Å². The van der Waals surface area contributed by atoms with Crippen molar-refractivity contribution in [1.82, 2.24) is 5.32 Å². The molecule has 1 aromatic rings. The molecule has 82 valence electrons. The summed E-state index contributed by atoms with van der Waals surface area (Å²) in [6.45, 7) is 0.165. The summed E-state index contributed by atoms with van der Waals surface area (Å²) in [6.07, 6.45) is 0. The maximum atomic E-state index is 11.2. The van der Waals surface area contributed by atoms with Crippen LogP contribution in [0.25, 0.3) is 0 Å². The number of rotatable bonds is 4. The molecule has 1 aromatic carbocycles. The van der Waals surface area contributed by atoms with E-state index in [0.717, 1.165) is 5.75 Å². The molecular formula is C10H14N2O3. The predicted molar refractivity (Wildman–Crippen MR) is 57.1 cm³/mol. The van der Waals surface area contributed by atoms with Crippen LogP contribution in [0.2, 0.25) is 0 Å². The van der Waals surface area contributed by atoms with Crippen molar-refractivity contribution in [1.29, 1.82) is 0 Å². The summed E-state index contributed by atoms with van der Waals surface area (Å²) in [5.74, 6) is 0.733. The predicted octanol–water partition coefficient (Wildman–Crippen LogP) is 0.809. The highest BCUT2D eigenvalue weighted by atomic mass is 16.5. The molecule has 3 N–H and O–H groups in total. The number of carbonyl (C=O) groups is 1. The van der Waals surface area contributed by atoms with Gasteiger partial charge in [-0.25, -0.2) is 4.79 Å². The van der Waals surface area contributed by atoms with E-state index in [0.29, 0.717) is 5.69 Å². The number of aliphatic hydroxyl groups is 1. The highest BCUT2D eigenvalue weighted by Crippen LogP contribution is 2.14. The molecule has 0 saturated heterocycles. The van der Waals surface area contributed by atoms with E-state index in [2.05, 4.69) is 10.6 Å². The van der Waals surface area contributed by atoms with Crippen LogP contribution in [0.4, 0.5) is 10.5 Å². The Labute approximate surface area is 88.1 Å². The zero-order valence-corrected chi connectivity index (χ0v) is 8.49. The largest absolute Gasteiger partial charge is 0.497 e. The van der Waals surface area contributed by atoms with Crippen molar-refractivity contribution in [3.63, 3.8) is 0 Å². The Hall–Kier alpha value is -1.75. The molecule has 0 bridgehead atoms. The summed E-state index contributed by atoms with van der Waals surface area (Å²) in [4.78, 5) is 11.2. The van der Waals surface area contributed by atoms with Gasteiger partial charge in [0.15, 0.2) is 0 Å². The summed E-state index contributed by atoms with van der Waals surface area (Å²) in [5, 5.41) is 13.6. The van der Waals surface area contributed by atoms with Gasteiger partial charge < -0.3 is 20.5 Å². The summed E-state index contributed by atoms with van der Waals surface area (Å²) >= 11 is 0. The van der Waals surface area contributed by atoms with Crippen molar-refractivity contribution < 1.29 is 14.6 Å². The molecule has 0 spiro atoms. The fraction of sp³-hybridized carbons (Fsp3) is 0.300. The average Bonchev–Trinajstić information content (AvgIpc) is 2.27. The number of carbonyl (C=O) groups excluding carboxylic acids is 1. The zero-order chi connectivity index (χ0) is 11.1. The van der Waals surface area contributed by atoms with Crippen LogP contribution < -0.4 is 15.4 Å². The third kappa shape index (κ3) is 3.86. The van der Waals surface area contributed by atoms with E-state index >= 15 is 0 Å². The Morgan fingerprint density at radius 3 is 2.60 bits per heavy atom. The quantitative estimate of drug-likeness (QED) is 0.688. The van der Waals surface area contributed by atoms with Crippen LogP contribution in [-0.4, -0.2) is 31.4 Å². The molecule has 0 heterocycles. The van der Waals surface area contributed by atoms with Gasteiger partial charge in [0.25, 0.3) is 0 Å². The Morgan fingerprint density at radius 1 is 1.40 bits per heavy atom. The SMILES string of the molecule is COc1ccc(NC(=O)NCCO)cc1. The molecule has 0 aliphatic carbocycles. The normalized spacial score (nSPS) is 9.47. The van der Waals surface area contributed by atoms with Crippen LogP contribution in [0.1, 0.15) is 0 Å². The lowest BCUT2D eigenvalue weighted by Gasteiger charge is -2.06. The lowest BCUT2D eigenvalue weighted by atomic mass is 10.3. The highest BCUT2D eigenvalue weighted by Gasteiger charge is 1.99. The van der Waals surface area contributed by atoms with Gasteiger partial charge in [-0.2, -0.15) is 0 Å². The Kier molecular flexibility index (Phi) is 4.43. The first-order valence-electron chi connectivity index (χ1n) is 4.56. The van der Waals surface area contributed by atoms with Gasteiger partial charge in [-0.1, -0.05) is 0 Å². The first-order chi connectivity index (χ1) is 7.26. The number of hydrogen-bond donors (Lipinski definition) is 3. The summed E-state index contributed by atoms with van der Waals surface area (Å²) < 4.78 is 4.98. The van der Waals surface area contributed by atoms with E-state index in [1.807, 2.05) is 0 Å². The second-order valence-corrected chi connectivity index (χ2v) is 2.83. The number of methoxy groups -OCH3 is 1. The molecular weight excluding hydrogens is 196 g/mol. The smallest absolute Gasteiger partial charge is 0.319 e. The lowest BCUT2D eigenvalue weighted by Crippen LogP contribution is -2.30. The molecule has 0 unspecified atom stereocenters. The molecule has 5 nitrogen and oxygen atoms in total. The Bertz CT molecular complexity index is 311. The Balaban J connectivity index is 2.46. The third-order valence-electron chi connectivity index (χ3n) is 1.75.